The van der Waals surface area contributed by atoms with E-state index in [-0.39, 0.29) is 11.6 Å². The topological polar surface area (TPSA) is 99.1 Å². The van der Waals surface area contributed by atoms with Crippen molar-refractivity contribution < 1.29 is 14.3 Å². The van der Waals surface area contributed by atoms with Gasteiger partial charge in [-0.05, 0) is 38.0 Å². The molecule has 3 rings (SSSR count). The molecule has 0 spiro atoms. The average molecular weight is 459 g/mol. The lowest BCUT2D eigenvalue weighted by Gasteiger charge is -2.39. The molecule has 29 heavy (non-hydrogen) atoms. The summed E-state index contributed by atoms with van der Waals surface area (Å²) in [5.74, 6) is -1.04. The van der Waals surface area contributed by atoms with Gasteiger partial charge in [0.25, 0.3) is 5.91 Å². The number of aromatic amines is 1. The standard InChI is InChI=1S/C21H23BrN4O3/c1-14(19(27)26(2)21(13-23)10-4-3-5-11-21)29-20(28)18-12-17(24-25-18)15-6-8-16(22)9-7-15/h6-9,12,14H,3-5,10-11H2,1-2H3,(H,24,25). The maximum atomic E-state index is 12.8. The molecule has 1 amide bonds. The predicted molar refractivity (Wildman–Crippen MR) is 111 cm³/mol. The summed E-state index contributed by atoms with van der Waals surface area (Å²) in [4.78, 5) is 26.7. The van der Waals surface area contributed by atoms with Gasteiger partial charge in [-0.15, -0.1) is 0 Å². The van der Waals surface area contributed by atoms with E-state index in [9.17, 15) is 14.9 Å². The summed E-state index contributed by atoms with van der Waals surface area (Å²) < 4.78 is 6.30. The van der Waals surface area contributed by atoms with Crippen LogP contribution in [0.2, 0.25) is 0 Å². The second-order valence-corrected chi connectivity index (χ2v) is 8.24. The van der Waals surface area contributed by atoms with Crippen molar-refractivity contribution in [1.29, 1.82) is 5.26 Å². The molecule has 1 aliphatic rings. The number of hydrogen-bond acceptors (Lipinski definition) is 5. The van der Waals surface area contributed by atoms with Crippen LogP contribution in [0.5, 0.6) is 0 Å². The van der Waals surface area contributed by atoms with Crippen LogP contribution in [0, 0.1) is 11.3 Å². The fourth-order valence-electron chi connectivity index (χ4n) is 3.61. The van der Waals surface area contributed by atoms with Gasteiger partial charge in [-0.2, -0.15) is 10.4 Å². The Labute approximate surface area is 178 Å². The molecule has 1 aliphatic carbocycles. The molecule has 0 bridgehead atoms. The zero-order valence-corrected chi connectivity index (χ0v) is 18.0. The van der Waals surface area contributed by atoms with Crippen molar-refractivity contribution in [3.63, 3.8) is 0 Å². The van der Waals surface area contributed by atoms with E-state index in [4.69, 9.17) is 4.74 Å². The van der Waals surface area contributed by atoms with Crippen molar-refractivity contribution in [2.75, 3.05) is 7.05 Å². The van der Waals surface area contributed by atoms with Gasteiger partial charge in [-0.3, -0.25) is 9.89 Å². The third kappa shape index (κ3) is 4.51. The van der Waals surface area contributed by atoms with Crippen LogP contribution in [0.25, 0.3) is 11.3 Å². The van der Waals surface area contributed by atoms with Crippen molar-refractivity contribution in [3.05, 3.63) is 40.5 Å². The van der Waals surface area contributed by atoms with Crippen LogP contribution in [0.1, 0.15) is 49.5 Å². The Kier molecular flexibility index (Phi) is 6.38. The van der Waals surface area contributed by atoms with Gasteiger partial charge >= 0.3 is 5.97 Å². The zero-order chi connectivity index (χ0) is 21.0. The molecule has 1 unspecified atom stereocenters. The molecule has 152 valence electrons. The smallest absolute Gasteiger partial charge is 0.357 e. The van der Waals surface area contributed by atoms with Crippen molar-refractivity contribution >= 4 is 27.8 Å². The molecule has 1 atom stereocenters. The van der Waals surface area contributed by atoms with Crippen LogP contribution >= 0.6 is 15.9 Å². The van der Waals surface area contributed by atoms with Gasteiger partial charge < -0.3 is 9.64 Å². The van der Waals surface area contributed by atoms with Gasteiger partial charge in [-0.25, -0.2) is 4.79 Å². The van der Waals surface area contributed by atoms with Gasteiger partial charge in [0.2, 0.25) is 0 Å². The molecule has 0 radical (unpaired) electrons. The highest BCUT2D eigenvalue weighted by Gasteiger charge is 2.40. The van der Waals surface area contributed by atoms with Gasteiger partial charge in [0.05, 0.1) is 11.8 Å². The Morgan fingerprint density at radius 1 is 1.28 bits per heavy atom. The number of nitrogens with zero attached hydrogens (tertiary/aromatic N) is 3. The summed E-state index contributed by atoms with van der Waals surface area (Å²) in [6, 6.07) is 11.4. The highest BCUT2D eigenvalue weighted by atomic mass is 79.9. The number of esters is 1. The number of carbonyl (C=O) groups is 2. The van der Waals surface area contributed by atoms with Crippen molar-refractivity contribution in [1.82, 2.24) is 15.1 Å². The third-order valence-electron chi connectivity index (χ3n) is 5.43. The quantitative estimate of drug-likeness (QED) is 0.680. The lowest BCUT2D eigenvalue weighted by molar-refractivity contribution is -0.143. The number of rotatable bonds is 5. The van der Waals surface area contributed by atoms with Crippen molar-refractivity contribution in [2.45, 2.75) is 50.7 Å². The van der Waals surface area contributed by atoms with E-state index in [1.54, 1.807) is 13.1 Å². The highest BCUT2D eigenvalue weighted by Crippen LogP contribution is 2.33. The number of hydrogen-bond donors (Lipinski definition) is 1. The number of halogens is 1. The monoisotopic (exact) mass is 458 g/mol. The van der Waals surface area contributed by atoms with Crippen molar-refractivity contribution in [2.24, 2.45) is 0 Å². The molecular formula is C21H23BrN4O3. The van der Waals surface area contributed by atoms with E-state index >= 15 is 0 Å². The lowest BCUT2D eigenvalue weighted by Crippen LogP contribution is -2.53. The maximum absolute atomic E-state index is 12.8. The molecule has 8 heteroatoms. The minimum atomic E-state index is -1.00. The van der Waals surface area contributed by atoms with Crippen LogP contribution in [0.15, 0.2) is 34.8 Å². The normalized spacial score (nSPS) is 16.5. The molecule has 0 saturated heterocycles. The van der Waals surface area contributed by atoms with Gasteiger partial charge in [0.15, 0.2) is 6.10 Å². The summed E-state index contributed by atoms with van der Waals surface area (Å²) in [5, 5.41) is 16.5. The molecule has 7 nitrogen and oxygen atoms in total. The third-order valence-corrected chi connectivity index (χ3v) is 5.96. The molecule has 1 saturated carbocycles. The molecule has 2 aromatic rings. The number of nitriles is 1. The highest BCUT2D eigenvalue weighted by molar-refractivity contribution is 9.10. The number of H-pyrrole nitrogens is 1. The minimum Gasteiger partial charge on any atom is -0.448 e. The first-order valence-corrected chi connectivity index (χ1v) is 10.4. The molecule has 1 aromatic carbocycles. The van der Waals surface area contributed by atoms with E-state index in [0.29, 0.717) is 18.5 Å². The molecule has 1 heterocycles. The number of ether oxygens (including phenoxy) is 1. The first-order chi connectivity index (χ1) is 13.9. The maximum Gasteiger partial charge on any atom is 0.357 e. The summed E-state index contributed by atoms with van der Waals surface area (Å²) >= 11 is 3.38. The SMILES string of the molecule is CC(OC(=O)c1cc(-c2ccc(Br)cc2)n[nH]1)C(=O)N(C)C1(C#N)CCCCC1. The fourth-order valence-corrected chi connectivity index (χ4v) is 3.88. The average Bonchev–Trinajstić information content (AvgIpc) is 3.24. The van der Waals surface area contributed by atoms with Crippen LogP contribution < -0.4 is 0 Å². The molecule has 1 aromatic heterocycles. The van der Waals surface area contributed by atoms with Gasteiger partial charge in [0.1, 0.15) is 11.2 Å². The van der Waals surface area contributed by atoms with Gasteiger partial charge in [-0.1, -0.05) is 47.3 Å². The first kappa shape index (κ1) is 21.1. The Morgan fingerprint density at radius 3 is 2.55 bits per heavy atom. The van der Waals surface area contributed by atoms with E-state index < -0.39 is 17.6 Å². The first-order valence-electron chi connectivity index (χ1n) is 9.57. The second-order valence-electron chi connectivity index (χ2n) is 7.32. The Bertz CT molecular complexity index is 926. The van der Waals surface area contributed by atoms with E-state index in [1.807, 2.05) is 24.3 Å². The number of benzene rings is 1. The van der Waals surface area contributed by atoms with Crippen LogP contribution in [0.3, 0.4) is 0 Å². The molecule has 0 aliphatic heterocycles. The largest absolute Gasteiger partial charge is 0.448 e. The summed E-state index contributed by atoms with van der Waals surface area (Å²) in [7, 11) is 1.61. The summed E-state index contributed by atoms with van der Waals surface area (Å²) in [6.07, 6.45) is 3.17. The summed E-state index contributed by atoms with van der Waals surface area (Å²) in [6.45, 7) is 1.52. The number of carbonyl (C=O) groups excluding carboxylic acids is 2. The van der Waals surface area contributed by atoms with Crippen LogP contribution in [-0.4, -0.2) is 45.7 Å². The van der Waals surface area contributed by atoms with E-state index in [1.165, 1.54) is 11.8 Å². The van der Waals surface area contributed by atoms with E-state index in [2.05, 4.69) is 32.2 Å². The minimum absolute atomic E-state index is 0.165. The van der Waals surface area contributed by atoms with Crippen molar-refractivity contribution in [3.8, 4) is 17.3 Å². The Balaban J connectivity index is 1.66. The number of aromatic nitrogens is 2. The number of nitrogens with one attached hydrogen (secondary N) is 1. The zero-order valence-electron chi connectivity index (χ0n) is 16.4. The Hall–Kier alpha value is -2.66. The molecule has 1 N–H and O–H groups in total. The van der Waals surface area contributed by atoms with Gasteiger partial charge in [0, 0.05) is 17.1 Å². The second kappa shape index (κ2) is 8.78. The molecule has 1 fully saturated rings. The van der Waals surface area contributed by atoms with Crippen LogP contribution in [-0.2, 0) is 9.53 Å². The molecular weight excluding hydrogens is 436 g/mol. The predicted octanol–water partition coefficient (Wildman–Crippen LogP) is 4.07. The lowest BCUT2D eigenvalue weighted by atomic mass is 9.81. The van der Waals surface area contributed by atoms with E-state index in [0.717, 1.165) is 29.3 Å². The number of amides is 1. The summed E-state index contributed by atoms with van der Waals surface area (Å²) in [5.41, 5.74) is 0.795. The number of likely N-dealkylation sites (N-methyl/N-ethyl adjacent to an activating group) is 1. The Morgan fingerprint density at radius 2 is 1.93 bits per heavy atom. The van der Waals surface area contributed by atoms with Crippen LogP contribution in [0.4, 0.5) is 0 Å². The fraction of sp³-hybridized carbons (Fsp3) is 0.429.